The van der Waals surface area contributed by atoms with Crippen LogP contribution in [0.5, 0.6) is 0 Å². The summed E-state index contributed by atoms with van der Waals surface area (Å²) in [5, 5.41) is 3.12. The molecule has 0 bridgehead atoms. The van der Waals surface area contributed by atoms with E-state index in [1.165, 1.54) is 16.8 Å². The summed E-state index contributed by atoms with van der Waals surface area (Å²) >= 11 is 9.09. The van der Waals surface area contributed by atoms with Crippen LogP contribution in [0.4, 0.5) is 5.69 Å². The topological polar surface area (TPSA) is 3.24 Å². The van der Waals surface area contributed by atoms with Crippen molar-refractivity contribution >= 4 is 48.9 Å². The molecule has 1 nitrogen and oxygen atoms in total. The monoisotopic (exact) mass is 399 g/mol. The zero-order valence-corrected chi connectivity index (χ0v) is 14.7. The Balaban J connectivity index is 2.02. The van der Waals surface area contributed by atoms with E-state index in [2.05, 4.69) is 73.3 Å². The van der Waals surface area contributed by atoms with Gasteiger partial charge in [0.2, 0.25) is 0 Å². The van der Waals surface area contributed by atoms with Crippen molar-refractivity contribution in [2.75, 3.05) is 11.4 Å². The number of halogens is 2. The standard InChI is InChI=1S/C15H15Br2NS/c1-10-13-5-7-19-15(13)4-6-18(10)14-8-12(17)3-2-11(14)9-16/h2-3,5,7-8,10H,4,6,9H2,1H3. The Hall–Kier alpha value is -0.320. The Kier molecular flexibility index (Phi) is 4.01. The van der Waals surface area contributed by atoms with Crippen molar-refractivity contribution in [3.63, 3.8) is 0 Å². The molecule has 0 spiro atoms. The lowest BCUT2D eigenvalue weighted by Crippen LogP contribution is -2.33. The molecule has 3 rings (SSSR count). The van der Waals surface area contributed by atoms with Crippen LogP contribution >= 0.6 is 43.2 Å². The van der Waals surface area contributed by atoms with Gasteiger partial charge in [0.25, 0.3) is 0 Å². The molecule has 4 heteroatoms. The number of alkyl halides is 1. The van der Waals surface area contributed by atoms with Crippen LogP contribution in [0.1, 0.15) is 29.0 Å². The summed E-state index contributed by atoms with van der Waals surface area (Å²) in [5.74, 6) is 0. The fraction of sp³-hybridized carbons (Fsp3) is 0.333. The summed E-state index contributed by atoms with van der Waals surface area (Å²) < 4.78 is 1.15. The van der Waals surface area contributed by atoms with Crippen LogP contribution in [0.25, 0.3) is 0 Å². The second kappa shape index (κ2) is 5.58. The van der Waals surface area contributed by atoms with Crippen LogP contribution in [0.15, 0.2) is 34.1 Å². The van der Waals surface area contributed by atoms with Crippen molar-refractivity contribution in [2.45, 2.75) is 24.7 Å². The molecule has 100 valence electrons. The van der Waals surface area contributed by atoms with Crippen LogP contribution in [-0.4, -0.2) is 6.54 Å². The molecule has 0 saturated carbocycles. The summed E-state index contributed by atoms with van der Waals surface area (Å²) in [5.41, 5.74) is 4.20. The predicted octanol–water partition coefficient (Wildman–Crippen LogP) is 5.53. The van der Waals surface area contributed by atoms with Gasteiger partial charge in [-0.25, -0.2) is 0 Å². The van der Waals surface area contributed by atoms with Gasteiger partial charge in [-0.1, -0.05) is 37.9 Å². The van der Waals surface area contributed by atoms with E-state index in [1.54, 1.807) is 4.88 Å². The van der Waals surface area contributed by atoms with Crippen LogP contribution < -0.4 is 4.90 Å². The first-order valence-electron chi connectivity index (χ1n) is 6.38. The van der Waals surface area contributed by atoms with E-state index in [4.69, 9.17) is 0 Å². The summed E-state index contributed by atoms with van der Waals surface area (Å²) in [4.78, 5) is 4.08. The summed E-state index contributed by atoms with van der Waals surface area (Å²) in [7, 11) is 0. The van der Waals surface area contributed by atoms with Gasteiger partial charge < -0.3 is 4.90 Å². The molecule has 2 aromatic rings. The third kappa shape index (κ3) is 2.50. The van der Waals surface area contributed by atoms with Gasteiger partial charge in [-0.2, -0.15) is 0 Å². The van der Waals surface area contributed by atoms with Gasteiger partial charge in [-0.3, -0.25) is 0 Å². The number of hydrogen-bond acceptors (Lipinski definition) is 2. The van der Waals surface area contributed by atoms with Gasteiger partial charge in [-0.15, -0.1) is 11.3 Å². The molecule has 19 heavy (non-hydrogen) atoms. The van der Waals surface area contributed by atoms with Crippen molar-refractivity contribution < 1.29 is 0 Å². The lowest BCUT2D eigenvalue weighted by molar-refractivity contribution is 0.631. The van der Waals surface area contributed by atoms with Gasteiger partial charge >= 0.3 is 0 Å². The van der Waals surface area contributed by atoms with E-state index in [1.807, 2.05) is 11.3 Å². The predicted molar refractivity (Wildman–Crippen MR) is 90.6 cm³/mol. The minimum Gasteiger partial charge on any atom is -0.364 e. The zero-order valence-electron chi connectivity index (χ0n) is 10.7. The molecular weight excluding hydrogens is 386 g/mol. The highest BCUT2D eigenvalue weighted by Crippen LogP contribution is 2.38. The molecular formula is C15H15Br2NS. The van der Waals surface area contributed by atoms with Crippen LogP contribution in [0.2, 0.25) is 0 Å². The molecule has 0 N–H and O–H groups in total. The first-order valence-corrected chi connectivity index (χ1v) is 9.17. The van der Waals surface area contributed by atoms with Crippen LogP contribution in [-0.2, 0) is 11.8 Å². The number of nitrogens with zero attached hydrogens (tertiary/aromatic N) is 1. The Morgan fingerprint density at radius 1 is 1.37 bits per heavy atom. The molecule has 1 unspecified atom stereocenters. The highest BCUT2D eigenvalue weighted by atomic mass is 79.9. The van der Waals surface area contributed by atoms with Crippen LogP contribution in [0.3, 0.4) is 0 Å². The first-order chi connectivity index (χ1) is 9.20. The molecule has 0 aliphatic carbocycles. The Bertz CT molecular complexity index is 594. The first kappa shape index (κ1) is 13.7. The maximum Gasteiger partial charge on any atom is 0.0525 e. The van der Waals surface area contributed by atoms with Gasteiger partial charge in [0.05, 0.1) is 6.04 Å². The summed E-state index contributed by atoms with van der Waals surface area (Å²) in [6.45, 7) is 3.41. The van der Waals surface area contributed by atoms with Crippen molar-refractivity contribution in [2.24, 2.45) is 0 Å². The fourth-order valence-corrected chi connectivity index (χ4v) is 4.54. The van der Waals surface area contributed by atoms with Crippen molar-refractivity contribution in [3.05, 3.63) is 50.1 Å². The van der Waals surface area contributed by atoms with E-state index in [9.17, 15) is 0 Å². The second-order valence-corrected chi connectivity index (χ2v) is 7.30. The Labute approximate surface area is 134 Å². The molecule has 0 fully saturated rings. The average Bonchev–Trinajstić information content (AvgIpc) is 2.88. The number of benzene rings is 1. The molecule has 1 aromatic carbocycles. The molecule has 0 saturated heterocycles. The normalized spacial score (nSPS) is 18.5. The lowest BCUT2D eigenvalue weighted by atomic mass is 9.99. The molecule has 1 aromatic heterocycles. The minimum atomic E-state index is 0.460. The smallest absolute Gasteiger partial charge is 0.0525 e. The maximum atomic E-state index is 3.60. The molecule has 1 aliphatic rings. The molecule has 1 atom stereocenters. The van der Waals surface area contributed by atoms with Crippen LogP contribution in [0, 0.1) is 0 Å². The van der Waals surface area contributed by atoms with E-state index >= 15 is 0 Å². The number of hydrogen-bond donors (Lipinski definition) is 0. The number of rotatable bonds is 2. The van der Waals surface area contributed by atoms with Crippen molar-refractivity contribution in [3.8, 4) is 0 Å². The van der Waals surface area contributed by atoms with Gasteiger partial charge in [0.15, 0.2) is 0 Å². The van der Waals surface area contributed by atoms with E-state index in [0.29, 0.717) is 6.04 Å². The third-order valence-corrected chi connectivity index (χ3v) is 5.87. The second-order valence-electron chi connectivity index (χ2n) is 4.83. The van der Waals surface area contributed by atoms with Gasteiger partial charge in [0.1, 0.15) is 0 Å². The minimum absolute atomic E-state index is 0.460. The van der Waals surface area contributed by atoms with Gasteiger partial charge in [0, 0.05) is 26.9 Å². The molecule has 0 radical (unpaired) electrons. The lowest BCUT2D eigenvalue weighted by Gasteiger charge is -2.36. The number of fused-ring (bicyclic) bond motifs is 1. The van der Waals surface area contributed by atoms with Crippen molar-refractivity contribution in [1.29, 1.82) is 0 Å². The van der Waals surface area contributed by atoms with Crippen molar-refractivity contribution in [1.82, 2.24) is 0 Å². The Morgan fingerprint density at radius 3 is 3.00 bits per heavy atom. The SMILES string of the molecule is CC1c2ccsc2CCN1c1cc(Br)ccc1CBr. The molecule has 0 amide bonds. The molecule has 2 heterocycles. The quantitative estimate of drug-likeness (QED) is 0.599. The van der Waals surface area contributed by atoms with Gasteiger partial charge in [-0.05, 0) is 48.1 Å². The maximum absolute atomic E-state index is 3.60. The third-order valence-electron chi connectivity index (χ3n) is 3.78. The highest BCUT2D eigenvalue weighted by molar-refractivity contribution is 9.10. The fourth-order valence-electron chi connectivity index (χ4n) is 2.76. The number of thiophene rings is 1. The molecule has 1 aliphatic heterocycles. The largest absolute Gasteiger partial charge is 0.364 e. The number of anilines is 1. The summed E-state index contributed by atoms with van der Waals surface area (Å²) in [6, 6.07) is 9.30. The zero-order chi connectivity index (χ0) is 13.4. The van der Waals surface area contributed by atoms with E-state index < -0.39 is 0 Å². The highest BCUT2D eigenvalue weighted by Gasteiger charge is 2.26. The van der Waals surface area contributed by atoms with E-state index in [-0.39, 0.29) is 0 Å². The summed E-state index contributed by atoms with van der Waals surface area (Å²) in [6.07, 6.45) is 1.16. The Morgan fingerprint density at radius 2 is 2.21 bits per heavy atom. The van der Waals surface area contributed by atoms with E-state index in [0.717, 1.165) is 22.8 Å². The average molecular weight is 401 g/mol.